The van der Waals surface area contributed by atoms with Crippen molar-refractivity contribution in [3.05, 3.63) is 64.3 Å². The van der Waals surface area contributed by atoms with Crippen LogP contribution in [0.25, 0.3) is 11.0 Å². The van der Waals surface area contributed by atoms with Crippen molar-refractivity contribution in [2.24, 2.45) is 0 Å². The van der Waals surface area contributed by atoms with Crippen molar-refractivity contribution >= 4 is 16.9 Å². The lowest BCUT2D eigenvalue weighted by Crippen LogP contribution is -2.44. The van der Waals surface area contributed by atoms with E-state index in [2.05, 4.69) is 20.4 Å². The topological polar surface area (TPSA) is 99.0 Å². The Morgan fingerprint density at radius 1 is 1.07 bits per heavy atom. The molecule has 1 amide bonds. The Morgan fingerprint density at radius 3 is 2.71 bits per heavy atom. The average molecular weight is 377 g/mol. The van der Waals surface area contributed by atoms with Crippen LogP contribution in [0.2, 0.25) is 0 Å². The summed E-state index contributed by atoms with van der Waals surface area (Å²) in [4.78, 5) is 33.6. The van der Waals surface area contributed by atoms with E-state index in [1.807, 2.05) is 0 Å². The van der Waals surface area contributed by atoms with Crippen LogP contribution in [-0.4, -0.2) is 44.9 Å². The van der Waals surface area contributed by atoms with E-state index in [4.69, 9.17) is 4.74 Å². The Labute approximate surface area is 160 Å². The average Bonchev–Trinajstić information content (AvgIpc) is 3.47. The van der Waals surface area contributed by atoms with Gasteiger partial charge in [-0.15, -0.1) is 0 Å². The zero-order valence-corrected chi connectivity index (χ0v) is 15.1. The summed E-state index contributed by atoms with van der Waals surface area (Å²) >= 11 is 0. The molecule has 2 aromatic heterocycles. The first-order valence-electron chi connectivity index (χ1n) is 9.38. The van der Waals surface area contributed by atoms with Gasteiger partial charge < -0.3 is 10.1 Å². The number of ether oxygens (including phenoxy) is 1. The molecule has 1 aliphatic heterocycles. The van der Waals surface area contributed by atoms with Crippen LogP contribution in [0.15, 0.2) is 47.5 Å². The van der Waals surface area contributed by atoms with E-state index in [-0.39, 0.29) is 23.6 Å². The number of benzene rings is 1. The second-order valence-electron chi connectivity index (χ2n) is 7.26. The summed E-state index contributed by atoms with van der Waals surface area (Å²) in [7, 11) is 0. The van der Waals surface area contributed by atoms with Crippen molar-refractivity contribution in [3.8, 4) is 0 Å². The first-order valence-corrected chi connectivity index (χ1v) is 9.38. The maximum Gasteiger partial charge on any atom is 0.267 e. The molecule has 1 aromatic carbocycles. The number of amides is 1. The molecule has 0 radical (unpaired) electrons. The lowest BCUT2D eigenvalue weighted by Gasteiger charge is -2.20. The SMILES string of the molecule is O=C(NC1COCC1n1nc(C2CC2)ccc1=O)c1ccc2nccnc2c1. The predicted molar refractivity (Wildman–Crippen MR) is 101 cm³/mol. The molecular formula is C20H19N5O3. The molecular weight excluding hydrogens is 358 g/mol. The summed E-state index contributed by atoms with van der Waals surface area (Å²) in [6.45, 7) is 0.681. The second kappa shape index (κ2) is 6.79. The number of nitrogens with zero attached hydrogens (tertiary/aromatic N) is 4. The largest absolute Gasteiger partial charge is 0.377 e. The molecule has 3 aromatic rings. The van der Waals surface area contributed by atoms with Gasteiger partial charge in [0.1, 0.15) is 6.04 Å². The van der Waals surface area contributed by atoms with E-state index in [1.165, 1.54) is 4.68 Å². The van der Waals surface area contributed by atoms with Gasteiger partial charge in [0.2, 0.25) is 0 Å². The Bertz CT molecular complexity index is 1110. The zero-order chi connectivity index (χ0) is 19.1. The molecule has 2 aliphatic rings. The van der Waals surface area contributed by atoms with Gasteiger partial charge in [0.15, 0.2) is 0 Å². The Hall–Kier alpha value is -3.13. The van der Waals surface area contributed by atoms with Gasteiger partial charge in [0.25, 0.3) is 11.5 Å². The van der Waals surface area contributed by atoms with Crippen LogP contribution in [0.1, 0.15) is 40.9 Å². The second-order valence-corrected chi connectivity index (χ2v) is 7.26. The number of nitrogens with one attached hydrogen (secondary N) is 1. The summed E-state index contributed by atoms with van der Waals surface area (Å²) in [5, 5.41) is 7.53. The molecule has 1 N–H and O–H groups in total. The van der Waals surface area contributed by atoms with Gasteiger partial charge in [-0.2, -0.15) is 5.10 Å². The van der Waals surface area contributed by atoms with Gasteiger partial charge in [-0.3, -0.25) is 19.6 Å². The minimum absolute atomic E-state index is 0.180. The molecule has 0 spiro atoms. The van der Waals surface area contributed by atoms with Crippen LogP contribution in [0, 0.1) is 0 Å². The van der Waals surface area contributed by atoms with E-state index < -0.39 is 0 Å². The summed E-state index contributed by atoms with van der Waals surface area (Å²) < 4.78 is 7.04. The molecule has 3 heterocycles. The quantitative estimate of drug-likeness (QED) is 0.739. The highest BCUT2D eigenvalue weighted by Crippen LogP contribution is 2.38. The smallest absolute Gasteiger partial charge is 0.267 e. The summed E-state index contributed by atoms with van der Waals surface area (Å²) in [6, 6.07) is 7.90. The standard InChI is InChI=1S/C20H19N5O3/c26-19-6-5-14(12-1-2-12)24-25(19)18-11-28-10-17(18)23-20(27)13-3-4-15-16(9-13)22-8-7-21-15/h3-9,12,17-18H,1-2,10-11H2,(H,23,27). The van der Waals surface area contributed by atoms with E-state index in [0.29, 0.717) is 30.2 Å². The Balaban J connectivity index is 1.38. The molecule has 1 aliphatic carbocycles. The van der Waals surface area contributed by atoms with E-state index in [0.717, 1.165) is 24.1 Å². The molecule has 5 rings (SSSR count). The highest BCUT2D eigenvalue weighted by atomic mass is 16.5. The molecule has 1 saturated heterocycles. The summed E-state index contributed by atoms with van der Waals surface area (Å²) in [5.74, 6) is 0.209. The fourth-order valence-electron chi connectivity index (χ4n) is 3.55. The molecule has 8 nitrogen and oxygen atoms in total. The van der Waals surface area contributed by atoms with E-state index in [1.54, 1.807) is 42.7 Å². The van der Waals surface area contributed by atoms with Crippen molar-refractivity contribution in [3.63, 3.8) is 0 Å². The third kappa shape index (κ3) is 3.16. The van der Waals surface area contributed by atoms with Crippen molar-refractivity contribution < 1.29 is 9.53 Å². The third-order valence-electron chi connectivity index (χ3n) is 5.25. The van der Waals surface area contributed by atoms with Gasteiger partial charge in [-0.25, -0.2) is 4.68 Å². The van der Waals surface area contributed by atoms with Gasteiger partial charge in [0.05, 0.1) is 36.0 Å². The molecule has 142 valence electrons. The number of aromatic nitrogens is 4. The molecule has 28 heavy (non-hydrogen) atoms. The molecule has 0 bridgehead atoms. The molecule has 1 saturated carbocycles. The maximum absolute atomic E-state index is 12.8. The van der Waals surface area contributed by atoms with E-state index in [9.17, 15) is 9.59 Å². The number of hydrogen-bond acceptors (Lipinski definition) is 6. The van der Waals surface area contributed by atoms with Crippen molar-refractivity contribution in [2.75, 3.05) is 13.2 Å². The van der Waals surface area contributed by atoms with Gasteiger partial charge in [0, 0.05) is 29.9 Å². The number of rotatable bonds is 4. The molecule has 2 fully saturated rings. The normalized spacial score (nSPS) is 21.7. The predicted octanol–water partition coefficient (Wildman–Crippen LogP) is 1.43. The van der Waals surface area contributed by atoms with Crippen LogP contribution in [0.3, 0.4) is 0 Å². The molecule has 2 atom stereocenters. The van der Waals surface area contributed by atoms with E-state index >= 15 is 0 Å². The summed E-state index contributed by atoms with van der Waals surface area (Å²) in [5.41, 5.74) is 2.63. The van der Waals surface area contributed by atoms with Crippen LogP contribution < -0.4 is 10.9 Å². The fourth-order valence-corrected chi connectivity index (χ4v) is 3.55. The van der Waals surface area contributed by atoms with Gasteiger partial charge >= 0.3 is 0 Å². The zero-order valence-electron chi connectivity index (χ0n) is 15.1. The monoisotopic (exact) mass is 377 g/mol. The minimum atomic E-state index is -0.329. The van der Waals surface area contributed by atoms with Gasteiger partial charge in [-0.05, 0) is 37.1 Å². The van der Waals surface area contributed by atoms with Crippen LogP contribution in [0.5, 0.6) is 0 Å². The Kier molecular flexibility index (Phi) is 4.12. The van der Waals surface area contributed by atoms with Crippen LogP contribution in [-0.2, 0) is 4.74 Å². The highest BCUT2D eigenvalue weighted by molar-refractivity contribution is 5.97. The lowest BCUT2D eigenvalue weighted by molar-refractivity contribution is 0.0924. The highest BCUT2D eigenvalue weighted by Gasteiger charge is 2.34. The van der Waals surface area contributed by atoms with Gasteiger partial charge in [-0.1, -0.05) is 0 Å². The first-order chi connectivity index (χ1) is 13.7. The minimum Gasteiger partial charge on any atom is -0.377 e. The molecule has 2 unspecified atom stereocenters. The number of hydrogen-bond donors (Lipinski definition) is 1. The first kappa shape index (κ1) is 17.0. The van der Waals surface area contributed by atoms with Crippen molar-refractivity contribution in [1.82, 2.24) is 25.1 Å². The Morgan fingerprint density at radius 2 is 1.89 bits per heavy atom. The fraction of sp³-hybridized carbons (Fsp3) is 0.350. The maximum atomic E-state index is 12.8. The van der Waals surface area contributed by atoms with Crippen molar-refractivity contribution in [2.45, 2.75) is 30.8 Å². The number of carbonyl (C=O) groups excluding carboxylic acids is 1. The summed E-state index contributed by atoms with van der Waals surface area (Å²) in [6.07, 6.45) is 5.42. The number of fused-ring (bicyclic) bond motifs is 1. The van der Waals surface area contributed by atoms with Crippen molar-refractivity contribution in [1.29, 1.82) is 0 Å². The number of carbonyl (C=O) groups is 1. The van der Waals surface area contributed by atoms with Crippen LogP contribution >= 0.6 is 0 Å². The molecule has 8 heteroatoms. The lowest BCUT2D eigenvalue weighted by atomic mass is 10.1. The third-order valence-corrected chi connectivity index (χ3v) is 5.25. The van der Waals surface area contributed by atoms with Crippen LogP contribution in [0.4, 0.5) is 0 Å².